The molecule has 126 valence electrons. The Hall–Kier alpha value is -2.76. The molecule has 4 nitrogen and oxygen atoms in total. The van der Waals surface area contributed by atoms with E-state index in [9.17, 15) is 9.90 Å². The molecule has 0 aliphatic carbocycles. The average Bonchev–Trinajstić information content (AvgIpc) is 3.00. The number of nitrogens with two attached hydrogens (primary N) is 1. The third-order valence-electron chi connectivity index (χ3n) is 3.63. The van der Waals surface area contributed by atoms with Crippen molar-refractivity contribution in [1.82, 2.24) is 0 Å². The number of amides is 1. The fourth-order valence-electron chi connectivity index (χ4n) is 2.39. The van der Waals surface area contributed by atoms with Gasteiger partial charge in [0.05, 0.1) is 5.56 Å². The molecule has 0 aliphatic rings. The van der Waals surface area contributed by atoms with Crippen LogP contribution in [0.3, 0.4) is 0 Å². The summed E-state index contributed by atoms with van der Waals surface area (Å²) in [6, 6.07) is 13.8. The van der Waals surface area contributed by atoms with Crippen molar-refractivity contribution in [2.45, 2.75) is 0 Å². The molecule has 25 heavy (non-hydrogen) atoms. The minimum Gasteiger partial charge on any atom is -0.508 e. The third kappa shape index (κ3) is 3.68. The molecule has 0 aliphatic heterocycles. The number of anilines is 2. The van der Waals surface area contributed by atoms with E-state index in [4.69, 9.17) is 17.3 Å². The Labute approximate surface area is 154 Å². The number of nitrogen functional groups attached to an aromatic ring is 1. The van der Waals surface area contributed by atoms with Crippen LogP contribution in [0.4, 0.5) is 10.7 Å². The van der Waals surface area contributed by atoms with E-state index in [0.717, 1.165) is 11.1 Å². The first kappa shape index (κ1) is 17.1. The highest BCUT2D eigenvalue weighted by molar-refractivity contribution is 7.15. The molecule has 0 unspecified atom stereocenters. The van der Waals surface area contributed by atoms with E-state index in [0.29, 0.717) is 26.8 Å². The van der Waals surface area contributed by atoms with Crippen LogP contribution < -0.4 is 11.1 Å². The van der Waals surface area contributed by atoms with E-state index >= 15 is 0 Å². The molecule has 3 rings (SSSR count). The van der Waals surface area contributed by atoms with Gasteiger partial charge in [0.1, 0.15) is 10.8 Å². The van der Waals surface area contributed by atoms with Crippen LogP contribution in [-0.2, 0) is 0 Å². The molecular weight excluding hydrogens is 356 g/mol. The molecule has 1 heterocycles. The summed E-state index contributed by atoms with van der Waals surface area (Å²) in [4.78, 5) is 12.4. The monoisotopic (exact) mass is 370 g/mol. The number of halogens is 1. The molecule has 0 radical (unpaired) electrons. The number of benzene rings is 2. The van der Waals surface area contributed by atoms with E-state index in [2.05, 4.69) is 11.9 Å². The van der Waals surface area contributed by atoms with Crippen molar-refractivity contribution in [1.29, 1.82) is 0 Å². The van der Waals surface area contributed by atoms with Crippen LogP contribution in [0.5, 0.6) is 0 Å². The molecule has 0 bridgehead atoms. The van der Waals surface area contributed by atoms with E-state index < -0.39 is 0 Å². The minimum absolute atomic E-state index is 0.112. The highest BCUT2D eigenvalue weighted by Crippen LogP contribution is 2.39. The van der Waals surface area contributed by atoms with Gasteiger partial charge < -0.3 is 16.2 Å². The van der Waals surface area contributed by atoms with Crippen molar-refractivity contribution in [3.63, 3.8) is 0 Å². The highest BCUT2D eigenvalue weighted by Gasteiger charge is 2.18. The largest absolute Gasteiger partial charge is 0.508 e. The molecule has 6 heteroatoms. The summed E-state index contributed by atoms with van der Waals surface area (Å²) in [6.45, 7) is 3.62. The zero-order chi connectivity index (χ0) is 18.0. The first-order valence-electron chi connectivity index (χ1n) is 7.38. The summed E-state index contributed by atoms with van der Waals surface area (Å²) in [6.07, 6.45) is 0. The van der Waals surface area contributed by atoms with Crippen molar-refractivity contribution in [2.24, 2.45) is 0 Å². The molecule has 1 aromatic heterocycles. The number of carbonyl (C=O) groups is 1. The Morgan fingerprint density at radius 3 is 2.36 bits per heavy atom. The second-order valence-electron chi connectivity index (χ2n) is 5.38. The SMILES string of the molecule is C=C(O)c1c(-c2ccc(Cl)cc2)csc1NC(=O)c1ccc(N)cc1. The molecule has 4 N–H and O–H groups in total. The Bertz CT molecular complexity index is 931. The Morgan fingerprint density at radius 2 is 1.76 bits per heavy atom. The van der Waals surface area contributed by atoms with E-state index in [-0.39, 0.29) is 11.7 Å². The molecule has 3 aromatic rings. The van der Waals surface area contributed by atoms with Crippen molar-refractivity contribution < 1.29 is 9.90 Å². The van der Waals surface area contributed by atoms with Gasteiger partial charge in [-0.3, -0.25) is 4.79 Å². The van der Waals surface area contributed by atoms with Gasteiger partial charge in [-0.25, -0.2) is 0 Å². The second-order valence-corrected chi connectivity index (χ2v) is 6.70. The number of aliphatic hydroxyl groups is 1. The average molecular weight is 371 g/mol. The minimum atomic E-state index is -0.285. The fourth-order valence-corrected chi connectivity index (χ4v) is 3.50. The van der Waals surface area contributed by atoms with Crippen molar-refractivity contribution in [3.05, 3.63) is 76.6 Å². The van der Waals surface area contributed by atoms with Gasteiger partial charge in [-0.2, -0.15) is 0 Å². The summed E-state index contributed by atoms with van der Waals surface area (Å²) in [5.41, 5.74) is 8.85. The van der Waals surface area contributed by atoms with E-state index in [1.807, 2.05) is 17.5 Å². The maximum absolute atomic E-state index is 12.4. The van der Waals surface area contributed by atoms with Gasteiger partial charge in [0, 0.05) is 27.2 Å². The summed E-state index contributed by atoms with van der Waals surface area (Å²) >= 11 is 7.24. The molecule has 0 saturated heterocycles. The number of aliphatic hydroxyl groups excluding tert-OH is 1. The first-order chi connectivity index (χ1) is 12.0. The number of rotatable bonds is 4. The molecule has 0 saturated carbocycles. The summed E-state index contributed by atoms with van der Waals surface area (Å²) in [5, 5.41) is 15.9. The Morgan fingerprint density at radius 1 is 1.12 bits per heavy atom. The predicted octanol–water partition coefficient (Wildman–Crippen LogP) is 5.43. The fraction of sp³-hybridized carbons (Fsp3) is 0. The predicted molar refractivity (Wildman–Crippen MR) is 105 cm³/mol. The molecule has 1 amide bonds. The van der Waals surface area contributed by atoms with Crippen LogP contribution in [0.1, 0.15) is 15.9 Å². The van der Waals surface area contributed by atoms with Crippen molar-refractivity contribution >= 4 is 45.3 Å². The van der Waals surface area contributed by atoms with Gasteiger partial charge in [-0.1, -0.05) is 30.3 Å². The smallest absolute Gasteiger partial charge is 0.256 e. The van der Waals surface area contributed by atoms with Crippen molar-refractivity contribution in [2.75, 3.05) is 11.1 Å². The lowest BCUT2D eigenvalue weighted by Crippen LogP contribution is -2.12. The van der Waals surface area contributed by atoms with Gasteiger partial charge >= 0.3 is 0 Å². The van der Waals surface area contributed by atoms with Crippen LogP contribution in [0.25, 0.3) is 16.9 Å². The lowest BCUT2D eigenvalue weighted by atomic mass is 10.0. The van der Waals surface area contributed by atoms with Gasteiger partial charge in [0.2, 0.25) is 0 Å². The molecule has 0 spiro atoms. The maximum Gasteiger partial charge on any atom is 0.256 e. The normalized spacial score (nSPS) is 10.4. The van der Waals surface area contributed by atoms with Gasteiger partial charge in [-0.15, -0.1) is 11.3 Å². The Kier molecular flexibility index (Phi) is 4.79. The van der Waals surface area contributed by atoms with E-state index in [1.165, 1.54) is 11.3 Å². The summed E-state index contributed by atoms with van der Waals surface area (Å²) in [7, 11) is 0. The standard InChI is InChI=1S/C19H15ClN2O2S/c1-11(23)17-16(12-2-6-14(20)7-3-12)10-25-19(17)22-18(24)13-4-8-15(21)9-5-13/h2-10,23H,1,21H2,(H,22,24). The quantitative estimate of drug-likeness (QED) is 0.423. The number of carbonyl (C=O) groups excluding carboxylic acids is 1. The zero-order valence-electron chi connectivity index (χ0n) is 13.1. The lowest BCUT2D eigenvalue weighted by molar-refractivity contribution is 0.102. The number of hydrogen-bond donors (Lipinski definition) is 3. The van der Waals surface area contributed by atoms with Crippen LogP contribution in [-0.4, -0.2) is 11.0 Å². The van der Waals surface area contributed by atoms with E-state index in [1.54, 1.807) is 36.4 Å². The van der Waals surface area contributed by atoms with Gasteiger partial charge in [0.25, 0.3) is 5.91 Å². The van der Waals surface area contributed by atoms with Crippen molar-refractivity contribution in [3.8, 4) is 11.1 Å². The zero-order valence-corrected chi connectivity index (χ0v) is 14.7. The van der Waals surface area contributed by atoms with Crippen LogP contribution >= 0.6 is 22.9 Å². The summed E-state index contributed by atoms with van der Waals surface area (Å²) in [5.74, 6) is -0.397. The summed E-state index contributed by atoms with van der Waals surface area (Å²) < 4.78 is 0. The maximum atomic E-state index is 12.4. The molecule has 0 fully saturated rings. The topological polar surface area (TPSA) is 75.3 Å². The molecular formula is C19H15ClN2O2S. The van der Waals surface area contributed by atoms with Gasteiger partial charge in [-0.05, 0) is 42.0 Å². The second kappa shape index (κ2) is 7.01. The van der Waals surface area contributed by atoms with Crippen LogP contribution in [0.15, 0.2) is 60.5 Å². The number of hydrogen-bond acceptors (Lipinski definition) is 4. The number of thiophene rings is 1. The molecule has 2 aromatic carbocycles. The Balaban J connectivity index is 1.94. The lowest BCUT2D eigenvalue weighted by Gasteiger charge is -2.08. The van der Waals surface area contributed by atoms with Gasteiger partial charge in [0.15, 0.2) is 0 Å². The third-order valence-corrected chi connectivity index (χ3v) is 4.78. The van der Waals surface area contributed by atoms with Crippen LogP contribution in [0.2, 0.25) is 5.02 Å². The molecule has 0 atom stereocenters. The highest BCUT2D eigenvalue weighted by atomic mass is 35.5. The van der Waals surface area contributed by atoms with Crippen LogP contribution in [0, 0.1) is 0 Å². The first-order valence-corrected chi connectivity index (χ1v) is 8.64. The number of nitrogens with one attached hydrogen (secondary N) is 1.